The number of likely N-dealkylation sites (tertiary alicyclic amines) is 1. The van der Waals surface area contributed by atoms with Crippen molar-refractivity contribution in [3.05, 3.63) is 70.8 Å². The summed E-state index contributed by atoms with van der Waals surface area (Å²) in [6, 6.07) is 7.86. The summed E-state index contributed by atoms with van der Waals surface area (Å²) in [4.78, 5) is 38.4. The minimum absolute atomic E-state index is 0.0203. The van der Waals surface area contributed by atoms with Gasteiger partial charge < -0.3 is 24.8 Å². The van der Waals surface area contributed by atoms with Gasteiger partial charge in [0.05, 0.1) is 29.0 Å². The number of nitrogens with one attached hydrogen (secondary N) is 2. The van der Waals surface area contributed by atoms with Crippen LogP contribution in [0.1, 0.15) is 77.5 Å². The van der Waals surface area contributed by atoms with E-state index in [1.165, 1.54) is 17.8 Å². The van der Waals surface area contributed by atoms with Crippen molar-refractivity contribution in [3.8, 4) is 5.88 Å². The van der Waals surface area contributed by atoms with Gasteiger partial charge in [0.15, 0.2) is 0 Å². The zero-order chi connectivity index (χ0) is 34.4. The van der Waals surface area contributed by atoms with E-state index in [1.54, 1.807) is 12.3 Å². The van der Waals surface area contributed by atoms with Gasteiger partial charge in [-0.05, 0) is 75.6 Å². The Morgan fingerprint density at radius 1 is 1.21 bits per heavy atom. The molecule has 1 aliphatic carbocycles. The zero-order valence-corrected chi connectivity index (χ0v) is 30.2. The van der Waals surface area contributed by atoms with Crippen LogP contribution in [0.4, 0.5) is 4.39 Å². The molecule has 9 nitrogen and oxygen atoms in total. The van der Waals surface area contributed by atoms with Crippen molar-refractivity contribution in [2.24, 2.45) is 5.92 Å². The number of halogens is 2. The van der Waals surface area contributed by atoms with Gasteiger partial charge in [-0.25, -0.2) is 9.37 Å². The molecule has 2 amide bonds. The number of thioether (sulfide) groups is 1. The lowest BCUT2D eigenvalue weighted by atomic mass is 9.82. The maximum Gasteiger partial charge on any atom is 0.245 e. The Morgan fingerprint density at radius 3 is 2.62 bits per heavy atom. The Hall–Kier alpha value is -2.86. The number of benzene rings is 1. The first-order chi connectivity index (χ1) is 22.9. The predicted molar refractivity (Wildman–Crippen MR) is 188 cm³/mol. The highest BCUT2D eigenvalue weighted by Crippen LogP contribution is 2.50. The predicted octanol–water partition coefficient (Wildman–Crippen LogP) is 5.66. The number of pyridine rings is 1. The van der Waals surface area contributed by atoms with Crippen LogP contribution in [0.15, 0.2) is 48.8 Å². The highest BCUT2D eigenvalue weighted by Gasteiger charge is 2.53. The van der Waals surface area contributed by atoms with E-state index in [4.69, 9.17) is 16.3 Å². The monoisotopic (exact) mass is 698 g/mol. The number of ether oxygens (including phenoxy) is 1. The van der Waals surface area contributed by atoms with E-state index >= 15 is 4.39 Å². The summed E-state index contributed by atoms with van der Waals surface area (Å²) in [5, 5.41) is 7.43. The quantitative estimate of drug-likeness (QED) is 0.329. The third-order valence-electron chi connectivity index (χ3n) is 10.5. The van der Waals surface area contributed by atoms with E-state index in [1.807, 2.05) is 41.8 Å². The molecule has 6 rings (SSSR count). The van der Waals surface area contributed by atoms with E-state index in [-0.39, 0.29) is 45.6 Å². The third-order valence-corrected chi connectivity index (χ3v) is 11.9. The molecule has 3 saturated heterocycles. The van der Waals surface area contributed by atoms with E-state index in [2.05, 4.69) is 47.9 Å². The summed E-state index contributed by atoms with van der Waals surface area (Å²) in [6.07, 6.45) is 5.46. The van der Waals surface area contributed by atoms with Crippen molar-refractivity contribution in [1.29, 1.82) is 0 Å². The van der Waals surface area contributed by atoms with Crippen molar-refractivity contribution in [2.45, 2.75) is 95.0 Å². The lowest BCUT2D eigenvalue weighted by Gasteiger charge is -2.39. The average Bonchev–Trinajstić information content (AvgIpc) is 3.56. The lowest BCUT2D eigenvalue weighted by molar-refractivity contribution is -0.144. The van der Waals surface area contributed by atoms with Gasteiger partial charge in [0.25, 0.3) is 0 Å². The van der Waals surface area contributed by atoms with Crippen molar-refractivity contribution in [2.75, 3.05) is 32.0 Å². The average molecular weight is 699 g/mol. The SMILES string of the molecule is C=C(C(C)C)N1C(SCC(=O)N2[C@H](C)CC[C@H]2C(=O)N2CCNC3(CC3)C2)N[C@@](C)(c2ccc(OCC)nc2)C1c1ccc(Cl)c(F)c1. The first-order valence-corrected chi connectivity index (χ1v) is 18.6. The molecule has 1 aromatic heterocycles. The molecule has 2 unspecified atom stereocenters. The highest BCUT2D eigenvalue weighted by atomic mass is 35.5. The maximum absolute atomic E-state index is 15.0. The van der Waals surface area contributed by atoms with Gasteiger partial charge in [-0.1, -0.05) is 44.2 Å². The number of piperazine rings is 1. The molecular formula is C36H48ClFN6O3S. The number of nitrogens with zero attached hydrogens (tertiary/aromatic N) is 4. The molecular weight excluding hydrogens is 651 g/mol. The summed E-state index contributed by atoms with van der Waals surface area (Å²) in [7, 11) is 0. The van der Waals surface area contributed by atoms with Gasteiger partial charge in [0.2, 0.25) is 17.7 Å². The molecule has 5 atom stereocenters. The van der Waals surface area contributed by atoms with Crippen LogP contribution in [0.3, 0.4) is 0 Å². The summed E-state index contributed by atoms with van der Waals surface area (Å²) < 4.78 is 20.7. The zero-order valence-electron chi connectivity index (χ0n) is 28.6. The van der Waals surface area contributed by atoms with Crippen LogP contribution < -0.4 is 15.4 Å². The van der Waals surface area contributed by atoms with Crippen LogP contribution in [0, 0.1) is 11.7 Å². The minimum Gasteiger partial charge on any atom is -0.478 e. The second-order valence-electron chi connectivity index (χ2n) is 14.2. The van der Waals surface area contributed by atoms with E-state index in [0.29, 0.717) is 25.5 Å². The molecule has 48 heavy (non-hydrogen) atoms. The molecule has 12 heteroatoms. The molecule has 2 N–H and O–H groups in total. The maximum atomic E-state index is 15.0. The van der Waals surface area contributed by atoms with E-state index < -0.39 is 23.4 Å². The van der Waals surface area contributed by atoms with Gasteiger partial charge >= 0.3 is 0 Å². The fourth-order valence-corrected chi connectivity index (χ4v) is 8.92. The summed E-state index contributed by atoms with van der Waals surface area (Å²) >= 11 is 7.61. The van der Waals surface area contributed by atoms with Gasteiger partial charge in [-0.2, -0.15) is 0 Å². The molecule has 2 aromatic rings. The molecule has 4 aliphatic rings. The molecule has 1 aromatic carbocycles. The Labute approximate surface area is 293 Å². The number of amides is 2. The Morgan fingerprint density at radius 2 is 1.98 bits per heavy atom. The summed E-state index contributed by atoms with van der Waals surface area (Å²) in [6.45, 7) is 17.3. The molecule has 1 spiro atoms. The smallest absolute Gasteiger partial charge is 0.245 e. The van der Waals surface area contributed by atoms with Gasteiger partial charge in [0.1, 0.15) is 17.4 Å². The fraction of sp³-hybridized carbons (Fsp3) is 0.583. The van der Waals surface area contributed by atoms with Gasteiger partial charge in [-0.15, -0.1) is 11.8 Å². The van der Waals surface area contributed by atoms with Crippen LogP contribution in [0.25, 0.3) is 0 Å². The normalized spacial score (nSPS) is 28.0. The second kappa shape index (κ2) is 13.8. The molecule has 4 fully saturated rings. The molecule has 3 aliphatic heterocycles. The number of rotatable bonds is 10. The Kier molecular flexibility index (Phi) is 10.1. The summed E-state index contributed by atoms with van der Waals surface area (Å²) in [5.74, 6) is 0.271. The number of carbonyl (C=O) groups excluding carboxylic acids is 2. The standard InChI is InChI=1S/C36H48ClFN6O3S/c1-7-47-30-13-10-26(19-39-30)35(6)32(25-9-11-27(37)28(38)18-25)44(24(5)22(2)3)34(41-35)48-20-31(45)43-23(4)8-12-29(43)33(46)42-17-16-40-36(21-42)14-15-36/h9-11,13,18-19,22-23,29,32,34,40-41H,5,7-8,12,14-17,20-21H2,1-4,6H3/t23-,29+,32?,34?,35+/m1/s1. The fourth-order valence-electron chi connectivity index (χ4n) is 7.61. The first-order valence-electron chi connectivity index (χ1n) is 17.1. The second-order valence-corrected chi connectivity index (χ2v) is 15.6. The van der Waals surface area contributed by atoms with Crippen LogP contribution in [-0.2, 0) is 15.1 Å². The highest BCUT2D eigenvalue weighted by molar-refractivity contribution is 8.00. The summed E-state index contributed by atoms with van der Waals surface area (Å²) in [5.41, 5.74) is 1.38. The largest absolute Gasteiger partial charge is 0.478 e. The van der Waals surface area contributed by atoms with E-state index in [0.717, 1.165) is 49.2 Å². The number of aromatic nitrogens is 1. The molecule has 0 bridgehead atoms. The van der Waals surface area contributed by atoms with Crippen molar-refractivity contribution < 1.29 is 18.7 Å². The molecule has 4 heterocycles. The number of hydrogen-bond donors (Lipinski definition) is 2. The number of carbonyl (C=O) groups is 2. The van der Waals surface area contributed by atoms with Crippen LogP contribution >= 0.6 is 23.4 Å². The minimum atomic E-state index is -0.767. The topological polar surface area (TPSA) is 90.0 Å². The van der Waals surface area contributed by atoms with Gasteiger partial charge in [0, 0.05) is 49.2 Å². The molecule has 0 radical (unpaired) electrons. The number of allylic oxidation sites excluding steroid dienone is 1. The van der Waals surface area contributed by atoms with Crippen molar-refractivity contribution in [1.82, 2.24) is 30.3 Å². The van der Waals surface area contributed by atoms with Crippen LogP contribution in [-0.4, -0.2) is 86.6 Å². The number of hydrogen-bond acceptors (Lipinski definition) is 8. The van der Waals surface area contributed by atoms with Gasteiger partial charge in [-0.3, -0.25) is 14.9 Å². The third kappa shape index (κ3) is 6.67. The Bertz CT molecular complexity index is 1540. The first kappa shape index (κ1) is 35.0. The Balaban J connectivity index is 1.28. The lowest BCUT2D eigenvalue weighted by Crippen LogP contribution is -2.58. The molecule has 260 valence electrons. The van der Waals surface area contributed by atoms with Crippen LogP contribution in [0.2, 0.25) is 5.02 Å². The van der Waals surface area contributed by atoms with E-state index in [9.17, 15) is 9.59 Å². The van der Waals surface area contributed by atoms with Crippen LogP contribution in [0.5, 0.6) is 5.88 Å². The van der Waals surface area contributed by atoms with Crippen molar-refractivity contribution >= 4 is 35.2 Å². The van der Waals surface area contributed by atoms with Crippen molar-refractivity contribution in [3.63, 3.8) is 0 Å². The molecule has 1 saturated carbocycles.